The first-order valence-electron chi connectivity index (χ1n) is 3.84. The van der Waals surface area contributed by atoms with E-state index in [1.807, 2.05) is 13.8 Å². The molecule has 0 saturated heterocycles. The first kappa shape index (κ1) is 9.03. The average Bonchev–Trinajstić information content (AvgIpc) is 2.33. The lowest BCUT2D eigenvalue weighted by Gasteiger charge is -2.15. The molecule has 1 aliphatic rings. The Morgan fingerprint density at radius 2 is 1.83 bits per heavy atom. The summed E-state index contributed by atoms with van der Waals surface area (Å²) in [5, 5.41) is 11.4. The maximum atomic E-state index is 10.8. The van der Waals surface area contributed by atoms with Gasteiger partial charge in [-0.25, -0.2) is 4.79 Å². The molecule has 1 saturated carbocycles. The van der Waals surface area contributed by atoms with Gasteiger partial charge in [0.1, 0.15) is 5.54 Å². The summed E-state index contributed by atoms with van der Waals surface area (Å²) in [5.41, 5.74) is -1.33. The largest absolute Gasteiger partial charge is 0.479 e. The molecule has 0 aromatic heterocycles. The zero-order chi connectivity index (χ0) is 9.57. The molecule has 1 rings (SSSR count). The molecule has 1 fully saturated rings. The molecule has 1 aliphatic carbocycles. The Balaban J connectivity index is 2.80. The van der Waals surface area contributed by atoms with Crippen LogP contribution in [0.5, 0.6) is 0 Å². The minimum Gasteiger partial charge on any atom is -0.479 e. The fourth-order valence-electron chi connectivity index (χ4n) is 1.55. The smallest absolute Gasteiger partial charge is 0.330 e. The number of carbonyl (C=O) groups is 2. The van der Waals surface area contributed by atoms with Crippen molar-refractivity contribution in [2.45, 2.75) is 32.7 Å². The van der Waals surface area contributed by atoms with Crippen molar-refractivity contribution in [3.63, 3.8) is 0 Å². The number of amides is 1. The van der Waals surface area contributed by atoms with E-state index in [2.05, 4.69) is 5.32 Å². The van der Waals surface area contributed by atoms with Crippen LogP contribution in [-0.4, -0.2) is 22.5 Å². The maximum absolute atomic E-state index is 10.8. The molecule has 0 aromatic rings. The van der Waals surface area contributed by atoms with E-state index in [1.165, 1.54) is 6.92 Å². The van der Waals surface area contributed by atoms with Crippen molar-refractivity contribution in [1.82, 2.24) is 5.32 Å². The van der Waals surface area contributed by atoms with Crippen LogP contribution in [0.15, 0.2) is 0 Å². The first-order chi connectivity index (χ1) is 5.32. The zero-order valence-corrected chi connectivity index (χ0v) is 7.47. The first-order valence-corrected chi connectivity index (χ1v) is 3.84. The summed E-state index contributed by atoms with van der Waals surface area (Å²) >= 11 is 0. The van der Waals surface area contributed by atoms with Gasteiger partial charge in [-0.1, -0.05) is 13.8 Å². The average molecular weight is 171 g/mol. The van der Waals surface area contributed by atoms with Gasteiger partial charge in [0.15, 0.2) is 0 Å². The molecular formula is C8H13NO3. The summed E-state index contributed by atoms with van der Waals surface area (Å²) in [4.78, 5) is 21.5. The molecule has 0 bridgehead atoms. The summed E-state index contributed by atoms with van der Waals surface area (Å²) in [6.45, 7) is 4.99. The van der Waals surface area contributed by atoms with Crippen molar-refractivity contribution in [1.29, 1.82) is 0 Å². The predicted molar refractivity (Wildman–Crippen MR) is 42.6 cm³/mol. The van der Waals surface area contributed by atoms with Gasteiger partial charge in [-0.05, 0) is 6.42 Å². The second kappa shape index (κ2) is 2.21. The van der Waals surface area contributed by atoms with Crippen molar-refractivity contribution < 1.29 is 14.7 Å². The Labute approximate surface area is 71.0 Å². The molecule has 68 valence electrons. The minimum absolute atomic E-state index is 0.289. The Morgan fingerprint density at radius 1 is 1.42 bits per heavy atom. The fraction of sp³-hybridized carbons (Fsp3) is 0.750. The standard InChI is InChI=1S/C8H13NO3/c1-5(10)9-8(6(11)12)4-7(8,2)3/h4H2,1-3H3,(H,9,10)(H,11,12)/t8-/m1/s1. The number of nitrogens with one attached hydrogen (secondary N) is 1. The van der Waals surface area contributed by atoms with Crippen LogP contribution in [0, 0.1) is 5.41 Å². The van der Waals surface area contributed by atoms with E-state index < -0.39 is 11.5 Å². The summed E-state index contributed by atoms with van der Waals surface area (Å²) in [6, 6.07) is 0. The van der Waals surface area contributed by atoms with Gasteiger partial charge in [-0.15, -0.1) is 0 Å². The molecule has 1 amide bonds. The lowest BCUT2D eigenvalue weighted by atomic mass is 10.1. The van der Waals surface area contributed by atoms with Crippen LogP contribution in [0.1, 0.15) is 27.2 Å². The van der Waals surface area contributed by atoms with Gasteiger partial charge in [0, 0.05) is 12.3 Å². The Hall–Kier alpha value is -1.06. The number of rotatable bonds is 2. The van der Waals surface area contributed by atoms with Gasteiger partial charge in [0.25, 0.3) is 0 Å². The second-order valence-electron chi connectivity index (χ2n) is 3.95. The van der Waals surface area contributed by atoms with Gasteiger partial charge in [-0.2, -0.15) is 0 Å². The van der Waals surface area contributed by atoms with Crippen molar-refractivity contribution in [2.75, 3.05) is 0 Å². The SMILES string of the molecule is CC(=O)N[C@@]1(C(=O)O)CC1(C)C. The topological polar surface area (TPSA) is 66.4 Å². The van der Waals surface area contributed by atoms with Crippen LogP contribution in [0.3, 0.4) is 0 Å². The number of carboxylic acids is 1. The molecule has 0 spiro atoms. The lowest BCUT2D eigenvalue weighted by molar-refractivity contribution is -0.144. The molecule has 2 N–H and O–H groups in total. The molecular weight excluding hydrogens is 158 g/mol. The van der Waals surface area contributed by atoms with Crippen LogP contribution < -0.4 is 5.32 Å². The van der Waals surface area contributed by atoms with E-state index in [0.29, 0.717) is 6.42 Å². The van der Waals surface area contributed by atoms with E-state index in [4.69, 9.17) is 5.11 Å². The van der Waals surface area contributed by atoms with Crippen LogP contribution in [-0.2, 0) is 9.59 Å². The van der Waals surface area contributed by atoms with Crippen molar-refractivity contribution in [2.24, 2.45) is 5.41 Å². The molecule has 0 radical (unpaired) electrons. The van der Waals surface area contributed by atoms with Crippen LogP contribution in [0.25, 0.3) is 0 Å². The monoisotopic (exact) mass is 171 g/mol. The van der Waals surface area contributed by atoms with Gasteiger partial charge in [0.05, 0.1) is 0 Å². The van der Waals surface area contributed by atoms with Crippen LogP contribution >= 0.6 is 0 Å². The summed E-state index contributed by atoms with van der Waals surface area (Å²) in [6.07, 6.45) is 0.509. The molecule has 0 aliphatic heterocycles. The van der Waals surface area contributed by atoms with E-state index >= 15 is 0 Å². The van der Waals surface area contributed by atoms with Crippen LogP contribution in [0.4, 0.5) is 0 Å². The Morgan fingerprint density at radius 3 is 1.92 bits per heavy atom. The predicted octanol–water partition coefficient (Wildman–Crippen LogP) is 0.376. The molecule has 4 heteroatoms. The lowest BCUT2D eigenvalue weighted by Crippen LogP contribution is -2.45. The van der Waals surface area contributed by atoms with Crippen molar-refractivity contribution in [3.8, 4) is 0 Å². The Bertz CT molecular complexity index is 247. The molecule has 0 aromatic carbocycles. The van der Waals surface area contributed by atoms with Crippen molar-refractivity contribution in [3.05, 3.63) is 0 Å². The molecule has 0 unspecified atom stereocenters. The summed E-state index contributed by atoms with van der Waals surface area (Å²) < 4.78 is 0. The second-order valence-corrected chi connectivity index (χ2v) is 3.95. The molecule has 0 heterocycles. The van der Waals surface area contributed by atoms with Gasteiger partial charge in [-0.3, -0.25) is 4.79 Å². The highest BCUT2D eigenvalue weighted by molar-refractivity contribution is 5.90. The number of carbonyl (C=O) groups excluding carboxylic acids is 1. The third-order valence-corrected chi connectivity index (χ3v) is 2.49. The van der Waals surface area contributed by atoms with Crippen molar-refractivity contribution >= 4 is 11.9 Å². The number of hydrogen-bond donors (Lipinski definition) is 2. The molecule has 12 heavy (non-hydrogen) atoms. The van der Waals surface area contributed by atoms with E-state index in [1.54, 1.807) is 0 Å². The minimum atomic E-state index is -1.02. The summed E-state index contributed by atoms with van der Waals surface area (Å²) in [7, 11) is 0. The molecule has 1 atom stereocenters. The fourth-order valence-corrected chi connectivity index (χ4v) is 1.55. The quantitative estimate of drug-likeness (QED) is 0.631. The van der Waals surface area contributed by atoms with Gasteiger partial charge < -0.3 is 10.4 Å². The number of carboxylic acid groups (broad SMARTS) is 1. The zero-order valence-electron chi connectivity index (χ0n) is 7.47. The van der Waals surface area contributed by atoms with E-state index in [9.17, 15) is 9.59 Å². The number of hydrogen-bond acceptors (Lipinski definition) is 2. The van der Waals surface area contributed by atoms with E-state index in [-0.39, 0.29) is 11.3 Å². The summed E-state index contributed by atoms with van der Waals surface area (Å²) in [5.74, 6) is -1.23. The normalized spacial score (nSPS) is 30.9. The third kappa shape index (κ3) is 1.07. The molecule has 4 nitrogen and oxygen atoms in total. The highest BCUT2D eigenvalue weighted by Gasteiger charge is 2.67. The highest BCUT2D eigenvalue weighted by atomic mass is 16.4. The van der Waals surface area contributed by atoms with Crippen LogP contribution in [0.2, 0.25) is 0 Å². The maximum Gasteiger partial charge on any atom is 0.330 e. The highest BCUT2D eigenvalue weighted by Crippen LogP contribution is 2.55. The Kier molecular flexibility index (Phi) is 1.67. The van der Waals surface area contributed by atoms with Gasteiger partial charge in [0.2, 0.25) is 5.91 Å². The number of aliphatic carboxylic acids is 1. The van der Waals surface area contributed by atoms with Gasteiger partial charge >= 0.3 is 5.97 Å². The van der Waals surface area contributed by atoms with E-state index in [0.717, 1.165) is 0 Å². The third-order valence-electron chi connectivity index (χ3n) is 2.49.